The van der Waals surface area contributed by atoms with Gasteiger partial charge in [-0.1, -0.05) is 6.07 Å². The highest BCUT2D eigenvalue weighted by molar-refractivity contribution is 6.35. The molecular formula is C13H15FN2O2. The van der Waals surface area contributed by atoms with Crippen LogP contribution in [0.15, 0.2) is 23.3 Å². The van der Waals surface area contributed by atoms with Gasteiger partial charge in [0.2, 0.25) is 0 Å². The van der Waals surface area contributed by atoms with Gasteiger partial charge in [-0.15, -0.1) is 0 Å². The molecular weight excluding hydrogens is 235 g/mol. The zero-order chi connectivity index (χ0) is 13.1. The number of hydrogen-bond donors (Lipinski definition) is 0. The second kappa shape index (κ2) is 5.16. The number of benzene rings is 1. The van der Waals surface area contributed by atoms with Gasteiger partial charge in [-0.2, -0.15) is 5.10 Å². The summed E-state index contributed by atoms with van der Waals surface area (Å²) in [5.74, 6) is -0.744. The number of nitrogens with zero attached hydrogens (tertiary/aromatic N) is 2. The van der Waals surface area contributed by atoms with E-state index >= 15 is 0 Å². The molecule has 0 aliphatic carbocycles. The maximum atomic E-state index is 13.2. The summed E-state index contributed by atoms with van der Waals surface area (Å²) in [5.41, 5.74) is 2.03. The molecule has 1 aromatic carbocycles. The second-order valence-electron chi connectivity index (χ2n) is 4.05. The minimum atomic E-state index is -0.442. The summed E-state index contributed by atoms with van der Waals surface area (Å²) in [5, 5.41) is 5.83. The number of hydrazone groups is 1. The molecule has 2 rings (SSSR count). The number of fused-ring (bicyclic) bond motifs is 1. The average molecular weight is 250 g/mol. The van der Waals surface area contributed by atoms with Crippen LogP contribution in [0.4, 0.5) is 10.1 Å². The summed E-state index contributed by atoms with van der Waals surface area (Å²) >= 11 is 0. The minimum Gasteiger partial charge on any atom is -0.461 e. The summed E-state index contributed by atoms with van der Waals surface area (Å²) in [7, 11) is 0. The third-order valence-electron chi connectivity index (χ3n) is 2.76. The Balaban J connectivity index is 2.21. The van der Waals surface area contributed by atoms with E-state index in [0.29, 0.717) is 13.2 Å². The quantitative estimate of drug-likeness (QED) is 0.609. The Morgan fingerprint density at radius 1 is 1.56 bits per heavy atom. The van der Waals surface area contributed by atoms with Gasteiger partial charge in [0.05, 0.1) is 12.3 Å². The van der Waals surface area contributed by atoms with E-state index in [-0.39, 0.29) is 11.5 Å². The lowest BCUT2D eigenvalue weighted by Crippen LogP contribution is -2.21. The van der Waals surface area contributed by atoms with Crippen LogP contribution in [0.2, 0.25) is 0 Å². The Morgan fingerprint density at radius 3 is 3.06 bits per heavy atom. The standard InChI is InChI=1S/C13H15FN2O2/c1-3-18-13(17)9(2)15-16-7-6-10-4-5-11(14)8-12(10)16/h4-5,8H,3,6-7H2,1-2H3/b15-9+. The van der Waals surface area contributed by atoms with Crippen molar-refractivity contribution in [2.75, 3.05) is 18.2 Å². The van der Waals surface area contributed by atoms with Crippen molar-refractivity contribution >= 4 is 17.4 Å². The van der Waals surface area contributed by atoms with Crippen molar-refractivity contribution in [3.8, 4) is 0 Å². The zero-order valence-corrected chi connectivity index (χ0v) is 10.4. The lowest BCUT2D eigenvalue weighted by Gasteiger charge is -2.13. The zero-order valence-electron chi connectivity index (χ0n) is 10.4. The van der Waals surface area contributed by atoms with Gasteiger partial charge >= 0.3 is 5.97 Å². The number of ether oxygens (including phenoxy) is 1. The van der Waals surface area contributed by atoms with Crippen LogP contribution in [0.25, 0.3) is 0 Å². The van der Waals surface area contributed by atoms with E-state index in [4.69, 9.17) is 4.74 Å². The molecule has 5 heteroatoms. The molecule has 1 aliphatic heterocycles. The molecule has 1 aromatic rings. The number of carbonyl (C=O) groups excluding carboxylic acids is 1. The molecule has 0 N–H and O–H groups in total. The smallest absolute Gasteiger partial charge is 0.354 e. The maximum Gasteiger partial charge on any atom is 0.354 e. The highest BCUT2D eigenvalue weighted by Crippen LogP contribution is 2.28. The first-order valence-electron chi connectivity index (χ1n) is 5.90. The summed E-state index contributed by atoms with van der Waals surface area (Å²) in [6.45, 7) is 4.30. The minimum absolute atomic E-state index is 0.272. The van der Waals surface area contributed by atoms with E-state index in [1.165, 1.54) is 12.1 Å². The van der Waals surface area contributed by atoms with Crippen LogP contribution in [-0.4, -0.2) is 24.8 Å². The molecule has 0 fully saturated rings. The van der Waals surface area contributed by atoms with Crippen LogP contribution in [-0.2, 0) is 16.0 Å². The molecule has 0 saturated heterocycles. The Hall–Kier alpha value is -1.91. The second-order valence-corrected chi connectivity index (χ2v) is 4.05. The Morgan fingerprint density at radius 2 is 2.33 bits per heavy atom. The molecule has 18 heavy (non-hydrogen) atoms. The summed E-state index contributed by atoms with van der Waals surface area (Å²) < 4.78 is 18.0. The number of anilines is 1. The van der Waals surface area contributed by atoms with Crippen LogP contribution in [0.5, 0.6) is 0 Å². The number of esters is 1. The van der Waals surface area contributed by atoms with E-state index < -0.39 is 5.97 Å². The highest BCUT2D eigenvalue weighted by Gasteiger charge is 2.20. The van der Waals surface area contributed by atoms with Crippen LogP contribution in [0.3, 0.4) is 0 Å². The lowest BCUT2D eigenvalue weighted by atomic mass is 10.2. The van der Waals surface area contributed by atoms with Gasteiger partial charge in [0.1, 0.15) is 11.5 Å². The van der Waals surface area contributed by atoms with Crippen LogP contribution >= 0.6 is 0 Å². The first-order valence-corrected chi connectivity index (χ1v) is 5.90. The molecule has 1 aliphatic rings. The third-order valence-corrected chi connectivity index (χ3v) is 2.76. The number of carbonyl (C=O) groups is 1. The van der Waals surface area contributed by atoms with Crippen LogP contribution in [0, 0.1) is 5.82 Å². The summed E-state index contributed by atoms with van der Waals surface area (Å²) in [6.07, 6.45) is 0.801. The van der Waals surface area contributed by atoms with Gasteiger partial charge in [0.25, 0.3) is 0 Å². The van der Waals surface area contributed by atoms with Crippen molar-refractivity contribution in [1.29, 1.82) is 0 Å². The number of halogens is 1. The highest BCUT2D eigenvalue weighted by atomic mass is 19.1. The van der Waals surface area contributed by atoms with Gasteiger partial charge < -0.3 is 4.74 Å². The first kappa shape index (κ1) is 12.5. The summed E-state index contributed by atoms with van der Waals surface area (Å²) in [6, 6.07) is 4.62. The Bertz CT molecular complexity index is 500. The molecule has 96 valence electrons. The molecule has 0 saturated carbocycles. The van der Waals surface area contributed by atoms with Gasteiger partial charge in [-0.25, -0.2) is 9.18 Å². The van der Waals surface area contributed by atoms with Crippen LogP contribution < -0.4 is 5.01 Å². The fourth-order valence-corrected chi connectivity index (χ4v) is 1.90. The lowest BCUT2D eigenvalue weighted by molar-refractivity contribution is -0.135. The fourth-order valence-electron chi connectivity index (χ4n) is 1.90. The normalized spacial score (nSPS) is 14.6. The topological polar surface area (TPSA) is 41.9 Å². The molecule has 0 atom stereocenters. The number of rotatable bonds is 3. The van der Waals surface area contributed by atoms with E-state index in [2.05, 4.69) is 5.10 Å². The van der Waals surface area contributed by atoms with Crippen molar-refractivity contribution in [3.05, 3.63) is 29.6 Å². The van der Waals surface area contributed by atoms with Crippen LogP contribution in [0.1, 0.15) is 19.4 Å². The van der Waals surface area contributed by atoms with E-state index in [0.717, 1.165) is 17.7 Å². The predicted molar refractivity (Wildman–Crippen MR) is 67.2 cm³/mol. The molecule has 0 aromatic heterocycles. The third kappa shape index (κ3) is 2.50. The molecule has 4 nitrogen and oxygen atoms in total. The van der Waals surface area contributed by atoms with E-state index in [9.17, 15) is 9.18 Å². The largest absolute Gasteiger partial charge is 0.461 e. The van der Waals surface area contributed by atoms with Gasteiger partial charge in [0.15, 0.2) is 0 Å². The fraction of sp³-hybridized carbons (Fsp3) is 0.385. The monoisotopic (exact) mass is 250 g/mol. The van der Waals surface area contributed by atoms with Gasteiger partial charge in [0, 0.05) is 6.54 Å². The number of hydrogen-bond acceptors (Lipinski definition) is 4. The molecule has 0 radical (unpaired) electrons. The molecule has 0 spiro atoms. The van der Waals surface area contributed by atoms with Gasteiger partial charge in [-0.05, 0) is 38.0 Å². The molecule has 0 amide bonds. The van der Waals surface area contributed by atoms with Crippen molar-refractivity contribution < 1.29 is 13.9 Å². The van der Waals surface area contributed by atoms with Gasteiger partial charge in [-0.3, -0.25) is 5.01 Å². The predicted octanol–water partition coefficient (Wildman–Crippen LogP) is 2.13. The molecule has 0 unspecified atom stereocenters. The maximum absolute atomic E-state index is 13.2. The van der Waals surface area contributed by atoms with Crippen molar-refractivity contribution in [1.82, 2.24) is 0 Å². The molecule has 1 heterocycles. The van der Waals surface area contributed by atoms with Crippen molar-refractivity contribution in [2.24, 2.45) is 5.10 Å². The van der Waals surface area contributed by atoms with E-state index in [1.54, 1.807) is 24.9 Å². The van der Waals surface area contributed by atoms with Crippen molar-refractivity contribution in [3.63, 3.8) is 0 Å². The van der Waals surface area contributed by atoms with E-state index in [1.807, 2.05) is 0 Å². The SMILES string of the molecule is CCOC(=O)/C(C)=N/N1CCc2ccc(F)cc21. The van der Waals surface area contributed by atoms with Crippen molar-refractivity contribution in [2.45, 2.75) is 20.3 Å². The summed E-state index contributed by atoms with van der Waals surface area (Å²) in [4.78, 5) is 11.5. The average Bonchev–Trinajstić information content (AvgIpc) is 2.72. The first-order chi connectivity index (χ1) is 8.61. The Kier molecular flexibility index (Phi) is 3.60. The molecule has 0 bridgehead atoms. The Labute approximate surface area is 105 Å².